The highest BCUT2D eigenvalue weighted by molar-refractivity contribution is 5.34. The van der Waals surface area contributed by atoms with Gasteiger partial charge in [0.25, 0.3) is 0 Å². The molecule has 3 unspecified atom stereocenters. The fraction of sp³-hybridized carbons (Fsp3) is 0.625. The maximum atomic E-state index is 6.66. The quantitative estimate of drug-likeness (QED) is 0.888. The molecular weight excluding hydrogens is 222 g/mol. The van der Waals surface area contributed by atoms with Gasteiger partial charge in [-0.05, 0) is 49.1 Å². The smallest absolute Gasteiger partial charge is 0.122 e. The maximum absolute atomic E-state index is 6.66. The van der Waals surface area contributed by atoms with E-state index < -0.39 is 0 Å². The fourth-order valence-electron chi connectivity index (χ4n) is 3.18. The molecule has 0 radical (unpaired) electrons. The molecule has 0 aliphatic heterocycles. The van der Waals surface area contributed by atoms with E-state index >= 15 is 0 Å². The largest absolute Gasteiger partial charge is 0.496 e. The van der Waals surface area contributed by atoms with E-state index in [9.17, 15) is 0 Å². The highest BCUT2D eigenvalue weighted by Gasteiger charge is 2.37. The Balaban J connectivity index is 2.17. The van der Waals surface area contributed by atoms with Gasteiger partial charge in [-0.1, -0.05) is 32.0 Å². The molecule has 2 heteroatoms. The van der Waals surface area contributed by atoms with Crippen LogP contribution < -0.4 is 10.5 Å². The van der Waals surface area contributed by atoms with Gasteiger partial charge in [-0.15, -0.1) is 0 Å². The van der Waals surface area contributed by atoms with Gasteiger partial charge in [-0.25, -0.2) is 0 Å². The molecule has 0 amide bonds. The predicted octanol–water partition coefficient (Wildman–Crippen LogP) is 3.39. The summed E-state index contributed by atoms with van der Waals surface area (Å²) in [6.45, 7) is 4.63. The second-order valence-corrected chi connectivity index (χ2v) is 6.00. The highest BCUT2D eigenvalue weighted by atomic mass is 16.5. The zero-order valence-corrected chi connectivity index (χ0v) is 11.8. The van der Waals surface area contributed by atoms with E-state index in [1.807, 2.05) is 12.1 Å². The van der Waals surface area contributed by atoms with Crippen molar-refractivity contribution in [3.05, 3.63) is 29.8 Å². The summed E-state index contributed by atoms with van der Waals surface area (Å²) in [5.74, 6) is 2.36. The van der Waals surface area contributed by atoms with Gasteiger partial charge in [-0.2, -0.15) is 0 Å². The number of nitrogens with two attached hydrogens (primary N) is 1. The van der Waals surface area contributed by atoms with Crippen LogP contribution in [0.2, 0.25) is 0 Å². The SMILES string of the molecule is COc1ccccc1CC1(N)CCC(C)CC1C. The number of para-hydroxylation sites is 1. The normalized spacial score (nSPS) is 32.2. The summed E-state index contributed by atoms with van der Waals surface area (Å²) in [5.41, 5.74) is 7.84. The first-order valence-electron chi connectivity index (χ1n) is 6.96. The molecule has 0 bridgehead atoms. The molecule has 1 saturated carbocycles. The summed E-state index contributed by atoms with van der Waals surface area (Å²) in [6.07, 6.45) is 4.53. The van der Waals surface area contributed by atoms with Gasteiger partial charge in [0.05, 0.1) is 7.11 Å². The van der Waals surface area contributed by atoms with Gasteiger partial charge in [0.15, 0.2) is 0 Å². The molecule has 1 aliphatic carbocycles. The summed E-state index contributed by atoms with van der Waals surface area (Å²) in [5, 5.41) is 0. The molecular formula is C16H25NO. The Morgan fingerprint density at radius 1 is 1.33 bits per heavy atom. The topological polar surface area (TPSA) is 35.2 Å². The average Bonchev–Trinajstić information content (AvgIpc) is 2.35. The molecule has 0 aromatic heterocycles. The average molecular weight is 247 g/mol. The lowest BCUT2D eigenvalue weighted by Gasteiger charge is -2.42. The lowest BCUT2D eigenvalue weighted by atomic mass is 9.68. The Morgan fingerprint density at radius 2 is 2.06 bits per heavy atom. The highest BCUT2D eigenvalue weighted by Crippen LogP contribution is 2.38. The summed E-state index contributed by atoms with van der Waals surface area (Å²) < 4.78 is 5.43. The van der Waals surface area contributed by atoms with Crippen LogP contribution in [0.25, 0.3) is 0 Å². The number of hydrogen-bond acceptors (Lipinski definition) is 2. The van der Waals surface area contributed by atoms with E-state index in [1.165, 1.54) is 18.4 Å². The molecule has 0 saturated heterocycles. The van der Waals surface area contributed by atoms with Crippen molar-refractivity contribution in [3.8, 4) is 5.75 Å². The molecule has 0 heterocycles. The number of ether oxygens (including phenoxy) is 1. The Hall–Kier alpha value is -1.02. The van der Waals surface area contributed by atoms with E-state index in [0.29, 0.717) is 5.92 Å². The van der Waals surface area contributed by atoms with E-state index in [-0.39, 0.29) is 5.54 Å². The number of methoxy groups -OCH3 is 1. The summed E-state index contributed by atoms with van der Waals surface area (Å²) in [4.78, 5) is 0. The lowest BCUT2D eigenvalue weighted by Crippen LogP contribution is -2.51. The zero-order valence-electron chi connectivity index (χ0n) is 11.8. The minimum absolute atomic E-state index is 0.0683. The Kier molecular flexibility index (Phi) is 3.96. The van der Waals surface area contributed by atoms with Crippen LogP contribution in [0.15, 0.2) is 24.3 Å². The van der Waals surface area contributed by atoms with Gasteiger partial charge in [0.2, 0.25) is 0 Å². The predicted molar refractivity (Wildman–Crippen MR) is 75.8 cm³/mol. The van der Waals surface area contributed by atoms with Crippen molar-refractivity contribution in [1.82, 2.24) is 0 Å². The molecule has 1 aromatic rings. The first kappa shape index (κ1) is 13.4. The van der Waals surface area contributed by atoms with Gasteiger partial charge >= 0.3 is 0 Å². The first-order valence-corrected chi connectivity index (χ1v) is 6.96. The van der Waals surface area contributed by atoms with Gasteiger partial charge in [0.1, 0.15) is 5.75 Å². The summed E-state index contributed by atoms with van der Waals surface area (Å²) in [7, 11) is 1.73. The third kappa shape index (κ3) is 2.69. The van der Waals surface area contributed by atoms with Crippen LogP contribution in [0, 0.1) is 11.8 Å². The Labute approximate surface area is 111 Å². The minimum atomic E-state index is -0.0683. The second-order valence-electron chi connectivity index (χ2n) is 6.00. The van der Waals surface area contributed by atoms with Crippen LogP contribution in [0.3, 0.4) is 0 Å². The minimum Gasteiger partial charge on any atom is -0.496 e. The molecule has 2 N–H and O–H groups in total. The van der Waals surface area contributed by atoms with Crippen LogP contribution >= 0.6 is 0 Å². The van der Waals surface area contributed by atoms with Crippen LogP contribution in [0.5, 0.6) is 5.75 Å². The first-order chi connectivity index (χ1) is 8.55. The third-order valence-electron chi connectivity index (χ3n) is 4.55. The molecule has 100 valence electrons. The zero-order chi connectivity index (χ0) is 13.2. The number of benzene rings is 1. The van der Waals surface area contributed by atoms with Gasteiger partial charge in [-0.3, -0.25) is 0 Å². The number of rotatable bonds is 3. The van der Waals surface area contributed by atoms with Crippen LogP contribution in [-0.4, -0.2) is 12.6 Å². The molecule has 1 aromatic carbocycles. The number of hydrogen-bond donors (Lipinski definition) is 1. The van der Waals surface area contributed by atoms with E-state index in [1.54, 1.807) is 7.11 Å². The van der Waals surface area contributed by atoms with Crippen molar-refractivity contribution in [1.29, 1.82) is 0 Å². The standard InChI is InChI=1S/C16H25NO/c1-12-8-9-16(17,13(2)10-12)11-14-6-4-5-7-15(14)18-3/h4-7,12-13H,8-11,17H2,1-3H3. The molecule has 18 heavy (non-hydrogen) atoms. The fourth-order valence-corrected chi connectivity index (χ4v) is 3.18. The molecule has 2 rings (SSSR count). The van der Waals surface area contributed by atoms with Crippen molar-refractivity contribution in [2.45, 2.75) is 45.1 Å². The molecule has 1 fully saturated rings. The Morgan fingerprint density at radius 3 is 2.72 bits per heavy atom. The second kappa shape index (κ2) is 5.31. The van der Waals surface area contributed by atoms with Crippen molar-refractivity contribution < 1.29 is 4.74 Å². The maximum Gasteiger partial charge on any atom is 0.122 e. The van der Waals surface area contributed by atoms with Gasteiger partial charge in [0, 0.05) is 5.54 Å². The van der Waals surface area contributed by atoms with Crippen molar-refractivity contribution in [2.24, 2.45) is 17.6 Å². The molecule has 0 spiro atoms. The Bertz CT molecular complexity index is 404. The summed E-state index contributed by atoms with van der Waals surface area (Å²) in [6, 6.07) is 8.24. The van der Waals surface area contributed by atoms with E-state index in [0.717, 1.165) is 24.5 Å². The van der Waals surface area contributed by atoms with Crippen molar-refractivity contribution in [2.75, 3.05) is 7.11 Å². The van der Waals surface area contributed by atoms with Gasteiger partial charge < -0.3 is 10.5 Å². The molecule has 3 atom stereocenters. The van der Waals surface area contributed by atoms with Crippen LogP contribution in [0.1, 0.15) is 38.7 Å². The van der Waals surface area contributed by atoms with Crippen molar-refractivity contribution >= 4 is 0 Å². The van der Waals surface area contributed by atoms with E-state index in [4.69, 9.17) is 10.5 Å². The third-order valence-corrected chi connectivity index (χ3v) is 4.55. The van der Waals surface area contributed by atoms with Crippen LogP contribution in [-0.2, 0) is 6.42 Å². The summed E-state index contributed by atoms with van der Waals surface area (Å²) >= 11 is 0. The lowest BCUT2D eigenvalue weighted by molar-refractivity contribution is 0.162. The van der Waals surface area contributed by atoms with Crippen molar-refractivity contribution in [3.63, 3.8) is 0 Å². The van der Waals surface area contributed by atoms with E-state index in [2.05, 4.69) is 26.0 Å². The van der Waals surface area contributed by atoms with Crippen LogP contribution in [0.4, 0.5) is 0 Å². The molecule has 1 aliphatic rings. The molecule has 2 nitrogen and oxygen atoms in total. The monoisotopic (exact) mass is 247 g/mol.